The van der Waals surface area contributed by atoms with Gasteiger partial charge in [-0.05, 0) is 6.42 Å². The van der Waals surface area contributed by atoms with Gasteiger partial charge in [-0.1, -0.05) is 51.9 Å². The van der Waals surface area contributed by atoms with E-state index >= 15 is 0 Å². The number of rotatable bonds is 12. The fraction of sp³-hybridized carbons (Fsp3) is 0.722. The van der Waals surface area contributed by atoms with Crippen LogP contribution in [-0.2, 0) is 11.5 Å². The van der Waals surface area contributed by atoms with Crippen LogP contribution >= 0.6 is 0 Å². The number of ether oxygens (including phenoxy) is 1. The number of pyridine rings is 1. The summed E-state index contributed by atoms with van der Waals surface area (Å²) in [5, 5.41) is 0. The summed E-state index contributed by atoms with van der Waals surface area (Å²) in [4.78, 5) is 2.10. The zero-order chi connectivity index (χ0) is 15.3. The topological polar surface area (TPSA) is 16.4 Å². The van der Waals surface area contributed by atoms with Crippen molar-refractivity contribution in [3.63, 3.8) is 0 Å². The molecule has 1 heterocycles. The Morgan fingerprint density at radius 2 is 1.48 bits per heavy atom. The molecule has 0 spiro atoms. The van der Waals surface area contributed by atoms with Crippen molar-refractivity contribution >= 4 is 5.69 Å². The minimum atomic E-state index is 0.657. The van der Waals surface area contributed by atoms with E-state index < -0.39 is 0 Å². The van der Waals surface area contributed by atoms with Crippen LogP contribution in [0.4, 0.5) is 5.69 Å². The van der Waals surface area contributed by atoms with E-state index in [4.69, 9.17) is 4.74 Å². The highest BCUT2D eigenvalue weighted by molar-refractivity contribution is 5.41. The molecular weight excluding hydrogens is 260 g/mol. The SMILES string of the molecule is CCCCCCCCCCOC[n+]1ccc(N(C)C)cc1. The summed E-state index contributed by atoms with van der Waals surface area (Å²) < 4.78 is 7.80. The van der Waals surface area contributed by atoms with Crippen molar-refractivity contribution in [2.45, 2.75) is 65.0 Å². The van der Waals surface area contributed by atoms with E-state index in [1.165, 1.54) is 57.1 Å². The standard InChI is InChI=1S/C18H33N2O/c1-4-5-6-7-8-9-10-11-16-21-17-20-14-12-18(13-15-20)19(2)3/h12-15H,4-11,16-17H2,1-3H3/q+1. The molecule has 1 aromatic rings. The molecule has 0 saturated heterocycles. The Morgan fingerprint density at radius 3 is 2.05 bits per heavy atom. The Bertz CT molecular complexity index is 349. The molecule has 1 aromatic heterocycles. The molecule has 0 radical (unpaired) electrons. The van der Waals surface area contributed by atoms with Crippen molar-refractivity contribution < 1.29 is 9.30 Å². The Kier molecular flexibility index (Phi) is 9.88. The third-order valence-corrected chi connectivity index (χ3v) is 3.77. The zero-order valence-electron chi connectivity index (χ0n) is 14.2. The second-order valence-corrected chi connectivity index (χ2v) is 5.98. The van der Waals surface area contributed by atoms with E-state index in [9.17, 15) is 0 Å². The van der Waals surface area contributed by atoms with Crippen molar-refractivity contribution in [1.29, 1.82) is 0 Å². The number of aromatic nitrogens is 1. The number of unbranched alkanes of at least 4 members (excludes halogenated alkanes) is 7. The molecular formula is C18H33N2O+. The lowest BCUT2D eigenvalue weighted by Crippen LogP contribution is -2.34. The van der Waals surface area contributed by atoms with Gasteiger partial charge in [-0.3, -0.25) is 0 Å². The average molecular weight is 293 g/mol. The van der Waals surface area contributed by atoms with Crippen LogP contribution in [0.1, 0.15) is 58.3 Å². The molecule has 3 nitrogen and oxygen atoms in total. The zero-order valence-corrected chi connectivity index (χ0v) is 14.2. The van der Waals surface area contributed by atoms with Crippen LogP contribution in [0.3, 0.4) is 0 Å². The van der Waals surface area contributed by atoms with Crippen molar-refractivity contribution in [1.82, 2.24) is 0 Å². The van der Waals surface area contributed by atoms with Crippen molar-refractivity contribution in [3.8, 4) is 0 Å². The molecule has 0 N–H and O–H groups in total. The van der Waals surface area contributed by atoms with E-state index in [1.54, 1.807) is 0 Å². The summed E-state index contributed by atoms with van der Waals surface area (Å²) in [6.07, 6.45) is 14.9. The molecule has 0 fully saturated rings. The van der Waals surface area contributed by atoms with E-state index in [2.05, 4.69) is 55.0 Å². The molecule has 0 bridgehead atoms. The van der Waals surface area contributed by atoms with Gasteiger partial charge < -0.3 is 9.64 Å². The largest absolute Gasteiger partial charge is 0.377 e. The molecule has 0 unspecified atom stereocenters. The van der Waals surface area contributed by atoms with Gasteiger partial charge in [0.2, 0.25) is 0 Å². The Balaban J connectivity index is 1.96. The molecule has 120 valence electrons. The van der Waals surface area contributed by atoms with Crippen LogP contribution in [0.5, 0.6) is 0 Å². The first-order chi connectivity index (χ1) is 10.2. The lowest BCUT2D eigenvalue weighted by molar-refractivity contribution is -0.732. The van der Waals surface area contributed by atoms with E-state index in [1.807, 2.05) is 0 Å². The minimum absolute atomic E-state index is 0.657. The van der Waals surface area contributed by atoms with Crippen molar-refractivity contribution in [2.24, 2.45) is 0 Å². The Morgan fingerprint density at radius 1 is 0.905 bits per heavy atom. The molecule has 0 saturated carbocycles. The first kappa shape index (κ1) is 18.0. The van der Waals surface area contributed by atoms with Crippen LogP contribution < -0.4 is 9.47 Å². The summed E-state index contributed by atoms with van der Waals surface area (Å²) in [5.74, 6) is 0. The summed E-state index contributed by atoms with van der Waals surface area (Å²) in [6.45, 7) is 3.80. The predicted octanol–water partition coefficient (Wildman–Crippen LogP) is 4.15. The smallest absolute Gasteiger partial charge is 0.252 e. The van der Waals surface area contributed by atoms with Gasteiger partial charge in [0.25, 0.3) is 6.73 Å². The van der Waals surface area contributed by atoms with Crippen molar-refractivity contribution in [2.75, 3.05) is 25.6 Å². The fourth-order valence-corrected chi connectivity index (χ4v) is 2.34. The Hall–Kier alpha value is -1.09. The number of anilines is 1. The molecule has 3 heteroatoms. The summed E-state index contributed by atoms with van der Waals surface area (Å²) in [7, 11) is 4.11. The summed E-state index contributed by atoms with van der Waals surface area (Å²) >= 11 is 0. The second kappa shape index (κ2) is 11.6. The second-order valence-electron chi connectivity index (χ2n) is 5.98. The van der Waals surface area contributed by atoms with Gasteiger partial charge in [-0.15, -0.1) is 0 Å². The highest BCUT2D eigenvalue weighted by atomic mass is 16.5. The van der Waals surface area contributed by atoms with Crippen LogP contribution in [0, 0.1) is 0 Å². The molecule has 0 atom stereocenters. The summed E-state index contributed by atoms with van der Waals surface area (Å²) in [6, 6.07) is 4.22. The van der Waals surface area contributed by atoms with Crippen molar-refractivity contribution in [3.05, 3.63) is 24.5 Å². The third-order valence-electron chi connectivity index (χ3n) is 3.77. The first-order valence-corrected chi connectivity index (χ1v) is 8.48. The molecule has 0 amide bonds. The summed E-state index contributed by atoms with van der Waals surface area (Å²) in [5.41, 5.74) is 1.22. The van der Waals surface area contributed by atoms with E-state index in [0.717, 1.165) is 6.61 Å². The molecule has 0 aliphatic carbocycles. The number of hydrogen-bond acceptors (Lipinski definition) is 2. The average Bonchev–Trinajstić information content (AvgIpc) is 2.49. The molecule has 0 aromatic carbocycles. The molecule has 1 rings (SSSR count). The van der Waals surface area contributed by atoms with Gasteiger partial charge in [0.05, 0.1) is 6.61 Å². The van der Waals surface area contributed by atoms with E-state index in [0.29, 0.717) is 6.73 Å². The molecule has 21 heavy (non-hydrogen) atoms. The van der Waals surface area contributed by atoms with Crippen LogP contribution in [0.25, 0.3) is 0 Å². The number of hydrogen-bond donors (Lipinski definition) is 0. The number of nitrogens with zero attached hydrogens (tertiary/aromatic N) is 2. The fourth-order valence-electron chi connectivity index (χ4n) is 2.34. The highest BCUT2D eigenvalue weighted by Gasteiger charge is 2.01. The Labute approximate surface area is 130 Å². The molecule has 0 aliphatic rings. The van der Waals surface area contributed by atoms with Crippen LogP contribution in [0.15, 0.2) is 24.5 Å². The van der Waals surface area contributed by atoms with Gasteiger partial charge in [-0.25, -0.2) is 0 Å². The highest BCUT2D eigenvalue weighted by Crippen LogP contribution is 2.08. The quantitative estimate of drug-likeness (QED) is 0.425. The normalized spacial score (nSPS) is 10.8. The van der Waals surface area contributed by atoms with Gasteiger partial charge in [-0.2, -0.15) is 4.57 Å². The van der Waals surface area contributed by atoms with Crippen LogP contribution in [0.2, 0.25) is 0 Å². The maximum atomic E-state index is 5.71. The van der Waals surface area contributed by atoms with E-state index in [-0.39, 0.29) is 0 Å². The minimum Gasteiger partial charge on any atom is -0.377 e. The predicted molar refractivity (Wildman–Crippen MR) is 89.5 cm³/mol. The van der Waals surface area contributed by atoms with Gasteiger partial charge in [0.15, 0.2) is 12.4 Å². The lowest BCUT2D eigenvalue weighted by Gasteiger charge is -2.10. The monoisotopic (exact) mass is 293 g/mol. The maximum absolute atomic E-state index is 5.71. The van der Waals surface area contributed by atoms with Gasteiger partial charge in [0, 0.05) is 31.9 Å². The van der Waals surface area contributed by atoms with Gasteiger partial charge in [0.1, 0.15) is 0 Å². The van der Waals surface area contributed by atoms with Crippen LogP contribution in [-0.4, -0.2) is 20.7 Å². The lowest BCUT2D eigenvalue weighted by atomic mass is 10.1. The molecule has 0 aliphatic heterocycles. The van der Waals surface area contributed by atoms with Gasteiger partial charge >= 0.3 is 0 Å². The maximum Gasteiger partial charge on any atom is 0.252 e. The first-order valence-electron chi connectivity index (χ1n) is 8.48. The third kappa shape index (κ3) is 8.71.